The lowest BCUT2D eigenvalue weighted by atomic mass is 10.2. The number of hydrogen-bond donors (Lipinski definition) is 1. The summed E-state index contributed by atoms with van der Waals surface area (Å²) in [5.74, 6) is 0.301. The van der Waals surface area contributed by atoms with Crippen LogP contribution in [0.15, 0.2) is 24.4 Å². The molecule has 19 heavy (non-hydrogen) atoms. The highest BCUT2D eigenvalue weighted by Crippen LogP contribution is 2.16. The van der Waals surface area contributed by atoms with Crippen LogP contribution in [0.25, 0.3) is 5.69 Å². The van der Waals surface area contributed by atoms with Crippen molar-refractivity contribution in [2.24, 2.45) is 5.92 Å². The minimum atomic E-state index is -0.286. The monoisotopic (exact) mass is 262 g/mol. The molecule has 0 radical (unpaired) electrons. The van der Waals surface area contributed by atoms with Crippen molar-refractivity contribution in [2.75, 3.05) is 6.54 Å². The molecule has 2 rings (SSSR count). The molecule has 0 amide bonds. The third-order valence-electron chi connectivity index (χ3n) is 2.82. The Morgan fingerprint density at radius 2 is 2.16 bits per heavy atom. The Kier molecular flexibility index (Phi) is 4.27. The second-order valence-corrected chi connectivity index (χ2v) is 5.08. The van der Waals surface area contributed by atoms with Crippen LogP contribution in [0.1, 0.15) is 25.1 Å². The first kappa shape index (κ1) is 13.7. The molecule has 2 aromatic rings. The van der Waals surface area contributed by atoms with Gasteiger partial charge in [0, 0.05) is 6.54 Å². The summed E-state index contributed by atoms with van der Waals surface area (Å²) in [4.78, 5) is 0. The van der Waals surface area contributed by atoms with Gasteiger partial charge in [0.1, 0.15) is 11.5 Å². The maximum Gasteiger partial charge on any atom is 0.149 e. The highest BCUT2D eigenvalue weighted by Gasteiger charge is 2.10. The second-order valence-electron chi connectivity index (χ2n) is 5.08. The molecule has 1 N–H and O–H groups in total. The smallest absolute Gasteiger partial charge is 0.149 e. The van der Waals surface area contributed by atoms with Crippen LogP contribution >= 0.6 is 0 Å². The largest absolute Gasteiger partial charge is 0.311 e. The second kappa shape index (κ2) is 5.93. The summed E-state index contributed by atoms with van der Waals surface area (Å²) in [7, 11) is 0. The molecule has 0 atom stereocenters. The van der Waals surface area contributed by atoms with Gasteiger partial charge in [-0.1, -0.05) is 31.2 Å². The first-order chi connectivity index (χ1) is 9.08. The lowest BCUT2D eigenvalue weighted by Gasteiger charge is -2.06. The van der Waals surface area contributed by atoms with Gasteiger partial charge in [-0.25, -0.2) is 9.07 Å². The number of nitrogens with zero attached hydrogens (tertiary/aromatic N) is 3. The van der Waals surface area contributed by atoms with Gasteiger partial charge in [0.05, 0.1) is 11.9 Å². The van der Waals surface area contributed by atoms with Gasteiger partial charge in [0.25, 0.3) is 0 Å². The standard InChI is InChI=1S/C14H19FN4/c1-10(2)7-16-8-12-9-19(18-17-12)14-11(3)5-4-6-13(14)15/h4-6,9-10,16H,7-8H2,1-3H3. The number of halogens is 1. The van der Waals surface area contributed by atoms with Gasteiger partial charge in [0.15, 0.2) is 0 Å². The number of benzene rings is 1. The number of nitrogens with one attached hydrogen (secondary N) is 1. The SMILES string of the molecule is Cc1cccc(F)c1-n1cc(CNCC(C)C)nn1. The Morgan fingerprint density at radius 1 is 1.37 bits per heavy atom. The van der Waals surface area contributed by atoms with E-state index in [1.807, 2.05) is 13.0 Å². The minimum Gasteiger partial charge on any atom is -0.311 e. The number of rotatable bonds is 5. The fourth-order valence-corrected chi connectivity index (χ4v) is 1.89. The molecule has 0 bridgehead atoms. The van der Waals surface area contributed by atoms with Crippen molar-refractivity contribution in [3.8, 4) is 5.69 Å². The van der Waals surface area contributed by atoms with Gasteiger partial charge in [0.2, 0.25) is 0 Å². The lowest BCUT2D eigenvalue weighted by molar-refractivity contribution is 0.548. The van der Waals surface area contributed by atoms with Crippen LogP contribution in [0.3, 0.4) is 0 Å². The van der Waals surface area contributed by atoms with E-state index in [0.29, 0.717) is 18.2 Å². The van der Waals surface area contributed by atoms with Crippen LogP contribution in [0.2, 0.25) is 0 Å². The zero-order valence-corrected chi connectivity index (χ0v) is 11.5. The molecule has 0 spiro atoms. The Bertz CT molecular complexity index is 528. The fraction of sp³-hybridized carbons (Fsp3) is 0.429. The van der Waals surface area contributed by atoms with Crippen molar-refractivity contribution in [1.29, 1.82) is 0 Å². The van der Waals surface area contributed by atoms with Gasteiger partial charge >= 0.3 is 0 Å². The predicted octanol–water partition coefficient (Wildman–Crippen LogP) is 2.46. The van der Waals surface area contributed by atoms with Gasteiger partial charge < -0.3 is 5.32 Å². The van der Waals surface area contributed by atoms with E-state index in [9.17, 15) is 4.39 Å². The molecular formula is C14H19FN4. The molecule has 5 heteroatoms. The van der Waals surface area contributed by atoms with E-state index < -0.39 is 0 Å². The van der Waals surface area contributed by atoms with Gasteiger partial charge in [-0.15, -0.1) is 5.10 Å². The van der Waals surface area contributed by atoms with Crippen molar-refractivity contribution < 1.29 is 4.39 Å². The summed E-state index contributed by atoms with van der Waals surface area (Å²) in [5.41, 5.74) is 2.11. The molecule has 0 saturated carbocycles. The summed E-state index contributed by atoms with van der Waals surface area (Å²) in [6.45, 7) is 7.72. The van der Waals surface area contributed by atoms with Crippen molar-refractivity contribution in [2.45, 2.75) is 27.3 Å². The number of hydrogen-bond acceptors (Lipinski definition) is 3. The molecule has 0 unspecified atom stereocenters. The van der Waals surface area contributed by atoms with Crippen LogP contribution in [0, 0.1) is 18.7 Å². The van der Waals surface area contributed by atoms with E-state index in [0.717, 1.165) is 17.8 Å². The van der Waals surface area contributed by atoms with Gasteiger partial charge in [-0.05, 0) is 31.0 Å². The molecule has 0 aliphatic carbocycles. The normalized spacial score (nSPS) is 11.2. The Labute approximate surface area is 112 Å². The zero-order valence-electron chi connectivity index (χ0n) is 11.5. The van der Waals surface area contributed by atoms with E-state index in [1.54, 1.807) is 12.3 Å². The van der Waals surface area contributed by atoms with Crippen LogP contribution in [-0.4, -0.2) is 21.5 Å². The van der Waals surface area contributed by atoms with Crippen LogP contribution in [0.5, 0.6) is 0 Å². The van der Waals surface area contributed by atoms with Crippen molar-refractivity contribution in [1.82, 2.24) is 20.3 Å². The minimum absolute atomic E-state index is 0.286. The quantitative estimate of drug-likeness (QED) is 0.900. The fourth-order valence-electron chi connectivity index (χ4n) is 1.89. The van der Waals surface area contributed by atoms with E-state index >= 15 is 0 Å². The van der Waals surface area contributed by atoms with E-state index in [1.165, 1.54) is 10.7 Å². The Balaban J connectivity index is 2.12. The van der Waals surface area contributed by atoms with Gasteiger partial charge in [-0.2, -0.15) is 0 Å². The van der Waals surface area contributed by atoms with Gasteiger partial charge in [-0.3, -0.25) is 0 Å². The van der Waals surface area contributed by atoms with Crippen LogP contribution in [-0.2, 0) is 6.54 Å². The maximum atomic E-state index is 13.8. The maximum absolute atomic E-state index is 13.8. The van der Waals surface area contributed by atoms with Crippen molar-refractivity contribution >= 4 is 0 Å². The molecule has 0 saturated heterocycles. The average Bonchev–Trinajstić information content (AvgIpc) is 2.77. The molecule has 0 fully saturated rings. The predicted molar refractivity (Wildman–Crippen MR) is 72.6 cm³/mol. The first-order valence-corrected chi connectivity index (χ1v) is 6.45. The molecule has 0 aliphatic rings. The van der Waals surface area contributed by atoms with Crippen LogP contribution < -0.4 is 5.32 Å². The molecule has 1 aromatic carbocycles. The number of aromatic nitrogens is 3. The lowest BCUT2D eigenvalue weighted by Crippen LogP contribution is -2.19. The number of aryl methyl sites for hydroxylation is 1. The molecule has 4 nitrogen and oxygen atoms in total. The van der Waals surface area contributed by atoms with E-state index in [4.69, 9.17) is 0 Å². The zero-order chi connectivity index (χ0) is 13.8. The summed E-state index contributed by atoms with van der Waals surface area (Å²) >= 11 is 0. The summed E-state index contributed by atoms with van der Waals surface area (Å²) < 4.78 is 15.3. The van der Waals surface area contributed by atoms with Crippen LogP contribution in [0.4, 0.5) is 4.39 Å². The topological polar surface area (TPSA) is 42.7 Å². The molecule has 1 heterocycles. The summed E-state index contributed by atoms with van der Waals surface area (Å²) in [6.07, 6.45) is 1.76. The summed E-state index contributed by atoms with van der Waals surface area (Å²) in [6, 6.07) is 4.98. The molecule has 0 aliphatic heterocycles. The molecule has 102 valence electrons. The van der Waals surface area contributed by atoms with E-state index in [2.05, 4.69) is 29.5 Å². The third-order valence-corrected chi connectivity index (χ3v) is 2.82. The number of para-hydroxylation sites is 1. The average molecular weight is 262 g/mol. The highest BCUT2D eigenvalue weighted by atomic mass is 19.1. The van der Waals surface area contributed by atoms with E-state index in [-0.39, 0.29) is 5.82 Å². The highest BCUT2D eigenvalue weighted by molar-refractivity contribution is 5.40. The molecule has 1 aromatic heterocycles. The first-order valence-electron chi connectivity index (χ1n) is 6.45. The summed E-state index contributed by atoms with van der Waals surface area (Å²) in [5, 5.41) is 11.3. The van der Waals surface area contributed by atoms with Crippen molar-refractivity contribution in [3.05, 3.63) is 41.5 Å². The third kappa shape index (κ3) is 3.38. The molecular weight excluding hydrogens is 243 g/mol. The van der Waals surface area contributed by atoms with Crippen molar-refractivity contribution in [3.63, 3.8) is 0 Å². The Hall–Kier alpha value is -1.75. The Morgan fingerprint density at radius 3 is 2.84 bits per heavy atom.